The molecule has 2 amide bonds. The summed E-state index contributed by atoms with van der Waals surface area (Å²) in [6, 6.07) is 3.91. The second kappa shape index (κ2) is 9.16. The molecule has 0 saturated carbocycles. The van der Waals surface area contributed by atoms with Crippen LogP contribution in [0, 0.1) is 6.92 Å². The first-order valence-electron chi connectivity index (χ1n) is 12.2. The van der Waals surface area contributed by atoms with Gasteiger partial charge in [-0.1, -0.05) is 0 Å². The highest BCUT2D eigenvalue weighted by Crippen LogP contribution is 2.35. The maximum atomic E-state index is 12.8. The molecule has 1 aliphatic heterocycles. The van der Waals surface area contributed by atoms with Crippen LogP contribution in [0.15, 0.2) is 25.8 Å². The molecule has 2 aliphatic rings. The predicted octanol–water partition coefficient (Wildman–Crippen LogP) is 3.96. The van der Waals surface area contributed by atoms with Gasteiger partial charge in [0.1, 0.15) is 16.9 Å². The lowest BCUT2D eigenvalue weighted by atomic mass is 9.94. The highest BCUT2D eigenvalue weighted by Gasteiger charge is 2.25. The Balaban J connectivity index is 1.33. The van der Waals surface area contributed by atoms with Crippen LogP contribution in [0.5, 0.6) is 0 Å². The normalized spacial score (nSPS) is 16.2. The van der Waals surface area contributed by atoms with Crippen LogP contribution in [0.3, 0.4) is 0 Å². The number of piperazine rings is 1. The quantitative estimate of drug-likeness (QED) is 0.541. The molecule has 5 rings (SSSR count). The molecule has 0 N–H and O–H groups in total. The summed E-state index contributed by atoms with van der Waals surface area (Å²) in [5.41, 5.74) is 3.56. The van der Waals surface area contributed by atoms with Crippen LogP contribution >= 0.6 is 0 Å². The Morgan fingerprint density at radius 3 is 2.44 bits per heavy atom. The standard InChI is InChI=1S/C26H30N2O6/c1-3-32-26(31)28-12-10-27(11-13-28)24(29)9-8-17-16(2)19-14-20-18-6-4-5-7-21(18)33-23(20)15-22(19)34-25(17)30/h14-15H,3-13H2,1-2H3. The maximum Gasteiger partial charge on any atom is 0.409 e. The number of fused-ring (bicyclic) bond motifs is 4. The maximum absolute atomic E-state index is 12.8. The fourth-order valence-corrected chi connectivity index (χ4v) is 5.18. The summed E-state index contributed by atoms with van der Waals surface area (Å²) in [5, 5.41) is 1.99. The Morgan fingerprint density at radius 2 is 1.68 bits per heavy atom. The minimum absolute atomic E-state index is 0.0261. The molecular formula is C26H30N2O6. The van der Waals surface area contributed by atoms with Gasteiger partial charge in [-0.25, -0.2) is 9.59 Å². The SMILES string of the molecule is CCOC(=O)N1CCN(C(=O)CCc2c(C)c3cc4c5c(oc4cc3oc2=O)CCCC5)CC1. The van der Waals surface area contributed by atoms with Gasteiger partial charge in [-0.05, 0) is 51.2 Å². The molecule has 0 radical (unpaired) electrons. The number of carbonyl (C=O) groups excluding carboxylic acids is 2. The third kappa shape index (κ3) is 4.06. The molecule has 0 spiro atoms. The van der Waals surface area contributed by atoms with Gasteiger partial charge in [-0.3, -0.25) is 4.79 Å². The van der Waals surface area contributed by atoms with Crippen molar-refractivity contribution in [1.82, 2.24) is 9.80 Å². The molecule has 2 aromatic heterocycles. The minimum Gasteiger partial charge on any atom is -0.461 e. The highest BCUT2D eigenvalue weighted by atomic mass is 16.6. The van der Waals surface area contributed by atoms with Gasteiger partial charge in [0.15, 0.2) is 0 Å². The zero-order valence-corrected chi connectivity index (χ0v) is 19.8. The van der Waals surface area contributed by atoms with Gasteiger partial charge < -0.3 is 23.4 Å². The Labute approximate surface area is 197 Å². The van der Waals surface area contributed by atoms with E-state index in [1.807, 2.05) is 13.0 Å². The topological polar surface area (TPSA) is 93.2 Å². The van der Waals surface area contributed by atoms with Crippen LogP contribution in [-0.2, 0) is 28.8 Å². The summed E-state index contributed by atoms with van der Waals surface area (Å²) in [5.74, 6) is 1.02. The molecule has 3 aromatic rings. The van der Waals surface area contributed by atoms with Crippen molar-refractivity contribution in [2.75, 3.05) is 32.8 Å². The Bertz CT molecular complexity index is 1310. The summed E-state index contributed by atoms with van der Waals surface area (Å²) >= 11 is 0. The third-order valence-electron chi connectivity index (χ3n) is 7.11. The van der Waals surface area contributed by atoms with Crippen molar-refractivity contribution in [2.45, 2.75) is 52.4 Å². The molecule has 0 bridgehead atoms. The van der Waals surface area contributed by atoms with E-state index in [1.54, 1.807) is 16.7 Å². The number of furan rings is 1. The Kier molecular flexibility index (Phi) is 6.06. The molecule has 1 aromatic carbocycles. The van der Waals surface area contributed by atoms with Crippen molar-refractivity contribution in [3.63, 3.8) is 0 Å². The molecule has 34 heavy (non-hydrogen) atoms. The summed E-state index contributed by atoms with van der Waals surface area (Å²) in [4.78, 5) is 40.8. The van der Waals surface area contributed by atoms with Gasteiger partial charge in [-0.2, -0.15) is 0 Å². The Hall–Kier alpha value is -3.29. The summed E-state index contributed by atoms with van der Waals surface area (Å²) < 4.78 is 16.7. The first-order chi connectivity index (χ1) is 16.5. The van der Waals surface area contributed by atoms with Crippen molar-refractivity contribution in [1.29, 1.82) is 0 Å². The summed E-state index contributed by atoms with van der Waals surface area (Å²) in [7, 11) is 0. The van der Waals surface area contributed by atoms with Crippen molar-refractivity contribution in [3.8, 4) is 0 Å². The third-order valence-corrected chi connectivity index (χ3v) is 7.11. The minimum atomic E-state index is -0.402. The molecule has 180 valence electrons. The Morgan fingerprint density at radius 1 is 0.971 bits per heavy atom. The van der Waals surface area contributed by atoms with Crippen LogP contribution in [0.4, 0.5) is 4.79 Å². The number of nitrogens with zero attached hydrogens (tertiary/aromatic N) is 2. The first kappa shape index (κ1) is 22.5. The molecule has 3 heterocycles. The summed E-state index contributed by atoms with van der Waals surface area (Å²) in [6.07, 6.45) is 4.45. The number of benzene rings is 1. The molecule has 0 unspecified atom stereocenters. The van der Waals surface area contributed by atoms with E-state index in [4.69, 9.17) is 13.6 Å². The van der Waals surface area contributed by atoms with E-state index in [1.165, 1.54) is 5.56 Å². The lowest BCUT2D eigenvalue weighted by molar-refractivity contribution is -0.132. The van der Waals surface area contributed by atoms with E-state index in [9.17, 15) is 14.4 Å². The number of carbonyl (C=O) groups is 2. The fourth-order valence-electron chi connectivity index (χ4n) is 5.18. The average Bonchev–Trinajstić information content (AvgIpc) is 3.20. The predicted molar refractivity (Wildman–Crippen MR) is 127 cm³/mol. The van der Waals surface area contributed by atoms with E-state index in [0.29, 0.717) is 50.4 Å². The van der Waals surface area contributed by atoms with Gasteiger partial charge in [-0.15, -0.1) is 0 Å². The molecule has 8 heteroatoms. The fraction of sp³-hybridized carbons (Fsp3) is 0.500. The molecule has 0 atom stereocenters. The summed E-state index contributed by atoms with van der Waals surface area (Å²) in [6.45, 7) is 5.86. The van der Waals surface area contributed by atoms with E-state index < -0.39 is 5.63 Å². The van der Waals surface area contributed by atoms with Crippen molar-refractivity contribution in [3.05, 3.63) is 45.0 Å². The van der Waals surface area contributed by atoms with E-state index >= 15 is 0 Å². The van der Waals surface area contributed by atoms with Crippen LogP contribution in [0.25, 0.3) is 21.9 Å². The first-order valence-corrected chi connectivity index (χ1v) is 12.2. The molecule has 1 saturated heterocycles. The van der Waals surface area contributed by atoms with Gasteiger partial charge in [0.2, 0.25) is 5.91 Å². The van der Waals surface area contributed by atoms with E-state index in [-0.39, 0.29) is 18.4 Å². The number of rotatable bonds is 4. The van der Waals surface area contributed by atoms with Gasteiger partial charge >= 0.3 is 11.7 Å². The van der Waals surface area contributed by atoms with Gasteiger partial charge in [0, 0.05) is 67.0 Å². The van der Waals surface area contributed by atoms with Crippen LogP contribution in [0.1, 0.15) is 48.6 Å². The monoisotopic (exact) mass is 466 g/mol. The van der Waals surface area contributed by atoms with Crippen molar-refractivity contribution >= 4 is 33.9 Å². The average molecular weight is 467 g/mol. The second-order valence-electron chi connectivity index (χ2n) is 9.12. The lowest BCUT2D eigenvalue weighted by Gasteiger charge is -2.34. The number of aryl methyl sites for hydroxylation is 3. The zero-order valence-electron chi connectivity index (χ0n) is 19.8. The molecule has 8 nitrogen and oxygen atoms in total. The van der Waals surface area contributed by atoms with Gasteiger partial charge in [0.25, 0.3) is 0 Å². The molecule has 1 fully saturated rings. The number of hydrogen-bond donors (Lipinski definition) is 0. The van der Waals surface area contributed by atoms with Crippen LogP contribution in [0.2, 0.25) is 0 Å². The number of amides is 2. The van der Waals surface area contributed by atoms with Crippen molar-refractivity contribution < 1.29 is 23.2 Å². The lowest BCUT2D eigenvalue weighted by Crippen LogP contribution is -2.50. The zero-order chi connectivity index (χ0) is 23.8. The number of hydrogen-bond acceptors (Lipinski definition) is 6. The largest absolute Gasteiger partial charge is 0.461 e. The van der Waals surface area contributed by atoms with E-state index in [2.05, 4.69) is 6.07 Å². The molecular weight excluding hydrogens is 436 g/mol. The smallest absolute Gasteiger partial charge is 0.409 e. The molecule has 1 aliphatic carbocycles. The van der Waals surface area contributed by atoms with Crippen LogP contribution < -0.4 is 5.63 Å². The second-order valence-corrected chi connectivity index (χ2v) is 9.12. The van der Waals surface area contributed by atoms with Gasteiger partial charge in [0.05, 0.1) is 6.61 Å². The van der Waals surface area contributed by atoms with E-state index in [0.717, 1.165) is 53.4 Å². The van der Waals surface area contributed by atoms with Crippen molar-refractivity contribution in [2.24, 2.45) is 0 Å². The highest BCUT2D eigenvalue weighted by molar-refractivity contribution is 5.97. The van der Waals surface area contributed by atoms with Crippen LogP contribution in [-0.4, -0.2) is 54.6 Å². The number of ether oxygens (including phenoxy) is 1.